The van der Waals surface area contributed by atoms with Gasteiger partial charge in [0.05, 0.1) is 0 Å². The van der Waals surface area contributed by atoms with Crippen molar-refractivity contribution in [3.05, 3.63) is 6.92 Å². The molecule has 6 heavy (non-hydrogen) atoms. The second-order valence-electron chi connectivity index (χ2n) is 1.44. The third-order valence-electron chi connectivity index (χ3n) is 0.697. The fourth-order valence-electron chi connectivity index (χ4n) is 0.118. The molecule has 2 heteroatoms. The standard InChI is InChI=1S/C4H7.HI.Zn/c1-4-2-3-4;;/h4H,1-3H2;1H;/q-1;;+2/p-1. The number of halogens is 1. The largest absolute Gasteiger partial charge is 2.00 e. The van der Waals surface area contributed by atoms with Crippen LogP contribution in [0, 0.1) is 12.8 Å². The third-order valence-corrected chi connectivity index (χ3v) is 0.697. The summed E-state index contributed by atoms with van der Waals surface area (Å²) in [5, 5.41) is 0. The van der Waals surface area contributed by atoms with E-state index >= 15 is 0 Å². The molecule has 0 atom stereocenters. The van der Waals surface area contributed by atoms with E-state index in [4.69, 9.17) is 0 Å². The topological polar surface area (TPSA) is 0 Å². The van der Waals surface area contributed by atoms with Crippen LogP contribution in [0.5, 0.6) is 0 Å². The van der Waals surface area contributed by atoms with Gasteiger partial charge in [0.1, 0.15) is 0 Å². The van der Waals surface area contributed by atoms with Crippen LogP contribution in [0.4, 0.5) is 0 Å². The van der Waals surface area contributed by atoms with E-state index in [2.05, 4.69) is 6.92 Å². The van der Waals surface area contributed by atoms with Crippen LogP contribution in [0.2, 0.25) is 0 Å². The summed E-state index contributed by atoms with van der Waals surface area (Å²) in [6.07, 6.45) is 2.75. The second-order valence-corrected chi connectivity index (χ2v) is 1.44. The van der Waals surface area contributed by atoms with Crippen molar-refractivity contribution in [1.82, 2.24) is 0 Å². The monoisotopic (exact) mass is 246 g/mol. The third kappa shape index (κ3) is 5.35. The van der Waals surface area contributed by atoms with Gasteiger partial charge in [-0.3, -0.25) is 0 Å². The number of hydrogen-bond donors (Lipinski definition) is 0. The summed E-state index contributed by atoms with van der Waals surface area (Å²) in [6.45, 7) is 3.75. The van der Waals surface area contributed by atoms with Gasteiger partial charge in [-0.05, 0) is 0 Å². The molecule has 0 radical (unpaired) electrons. The molecular formula is C4H7IZn. The summed E-state index contributed by atoms with van der Waals surface area (Å²) in [5.74, 6) is 0.833. The Morgan fingerprint density at radius 1 is 1.33 bits per heavy atom. The molecule has 0 nitrogen and oxygen atoms in total. The molecule has 0 spiro atoms. The van der Waals surface area contributed by atoms with Gasteiger partial charge in [0, 0.05) is 0 Å². The van der Waals surface area contributed by atoms with Crippen LogP contribution in [0.25, 0.3) is 0 Å². The number of rotatable bonds is 0. The molecule has 1 aliphatic carbocycles. The Bertz CT molecular complexity index is 26.7. The molecular weight excluding hydrogens is 240 g/mol. The zero-order chi connectivity index (χ0) is 2.99. The van der Waals surface area contributed by atoms with Crippen molar-refractivity contribution in [3.8, 4) is 0 Å². The normalized spacial score (nSPS) is 17.5. The van der Waals surface area contributed by atoms with Crippen LogP contribution < -0.4 is 24.0 Å². The summed E-state index contributed by atoms with van der Waals surface area (Å²) in [5.41, 5.74) is 0. The molecule has 0 heterocycles. The second kappa shape index (κ2) is 4.51. The molecule has 0 aromatic rings. The minimum absolute atomic E-state index is 0. The van der Waals surface area contributed by atoms with Crippen molar-refractivity contribution in [2.45, 2.75) is 12.8 Å². The van der Waals surface area contributed by atoms with E-state index in [9.17, 15) is 0 Å². The van der Waals surface area contributed by atoms with Crippen LogP contribution in [0.3, 0.4) is 0 Å². The van der Waals surface area contributed by atoms with Gasteiger partial charge < -0.3 is 30.9 Å². The van der Waals surface area contributed by atoms with E-state index in [0.29, 0.717) is 0 Å². The predicted molar refractivity (Wildman–Crippen MR) is 18.1 cm³/mol. The molecule has 1 fully saturated rings. The molecule has 32 valence electrons. The Balaban J connectivity index is 0. The van der Waals surface area contributed by atoms with Crippen molar-refractivity contribution < 1.29 is 43.5 Å². The first kappa shape index (κ1) is 10.4. The molecule has 0 amide bonds. The van der Waals surface area contributed by atoms with Gasteiger partial charge in [0.15, 0.2) is 0 Å². The van der Waals surface area contributed by atoms with Crippen LogP contribution in [0.15, 0.2) is 0 Å². The van der Waals surface area contributed by atoms with E-state index in [0.717, 1.165) is 5.92 Å². The average molecular weight is 247 g/mol. The smallest absolute Gasteiger partial charge is 1.00 e. The first-order chi connectivity index (χ1) is 1.89. The molecule has 0 aromatic heterocycles. The van der Waals surface area contributed by atoms with Gasteiger partial charge in [0.2, 0.25) is 0 Å². The fourth-order valence-corrected chi connectivity index (χ4v) is 0.118. The summed E-state index contributed by atoms with van der Waals surface area (Å²) in [4.78, 5) is 0. The molecule has 0 bridgehead atoms. The Morgan fingerprint density at radius 3 is 1.50 bits per heavy atom. The minimum atomic E-state index is 0. The summed E-state index contributed by atoms with van der Waals surface area (Å²) < 4.78 is 0. The zero-order valence-corrected chi connectivity index (χ0v) is 8.91. The Kier molecular flexibility index (Phi) is 7.79. The van der Waals surface area contributed by atoms with Crippen LogP contribution >= 0.6 is 0 Å². The van der Waals surface area contributed by atoms with Crippen LogP contribution in [-0.4, -0.2) is 0 Å². The van der Waals surface area contributed by atoms with Crippen molar-refractivity contribution in [2.75, 3.05) is 0 Å². The van der Waals surface area contributed by atoms with Gasteiger partial charge >= 0.3 is 19.5 Å². The van der Waals surface area contributed by atoms with Gasteiger partial charge in [-0.2, -0.15) is 5.92 Å². The van der Waals surface area contributed by atoms with E-state index < -0.39 is 0 Å². The summed E-state index contributed by atoms with van der Waals surface area (Å²) in [7, 11) is 0. The van der Waals surface area contributed by atoms with Crippen molar-refractivity contribution in [1.29, 1.82) is 0 Å². The predicted octanol–water partition coefficient (Wildman–Crippen LogP) is -1.77. The Hall–Kier alpha value is 1.35. The molecule has 1 aliphatic rings. The molecule has 1 saturated carbocycles. The molecule has 0 aromatic carbocycles. The average Bonchev–Trinajstić information content (AvgIpc) is 1.75. The van der Waals surface area contributed by atoms with Crippen molar-refractivity contribution in [3.63, 3.8) is 0 Å². The Morgan fingerprint density at radius 2 is 1.50 bits per heavy atom. The fraction of sp³-hybridized carbons (Fsp3) is 0.750. The van der Waals surface area contributed by atoms with E-state index in [1.54, 1.807) is 0 Å². The number of hydrogen-bond acceptors (Lipinski definition) is 0. The molecule has 1 rings (SSSR count). The molecule has 0 saturated heterocycles. The first-order valence-corrected chi connectivity index (χ1v) is 1.72. The van der Waals surface area contributed by atoms with Gasteiger partial charge in [-0.1, -0.05) is 12.8 Å². The zero-order valence-electron chi connectivity index (χ0n) is 3.78. The quantitative estimate of drug-likeness (QED) is 0.270. The molecule has 0 N–H and O–H groups in total. The van der Waals surface area contributed by atoms with Crippen molar-refractivity contribution in [2.24, 2.45) is 5.92 Å². The van der Waals surface area contributed by atoms with Crippen LogP contribution in [-0.2, 0) is 19.5 Å². The van der Waals surface area contributed by atoms with E-state index in [1.807, 2.05) is 0 Å². The minimum Gasteiger partial charge on any atom is -1.00 e. The van der Waals surface area contributed by atoms with Crippen molar-refractivity contribution >= 4 is 0 Å². The maximum Gasteiger partial charge on any atom is 2.00 e. The summed E-state index contributed by atoms with van der Waals surface area (Å²) in [6, 6.07) is 0. The van der Waals surface area contributed by atoms with Gasteiger partial charge in [-0.15, -0.1) is 0 Å². The molecule has 0 aliphatic heterocycles. The first-order valence-electron chi connectivity index (χ1n) is 1.72. The SMILES string of the molecule is [CH2-]C1CC1.[I-].[Zn+2]. The maximum absolute atomic E-state index is 3.75. The maximum atomic E-state index is 3.75. The van der Waals surface area contributed by atoms with Gasteiger partial charge in [-0.25, -0.2) is 0 Å². The van der Waals surface area contributed by atoms with E-state index in [-0.39, 0.29) is 43.5 Å². The molecule has 0 unspecified atom stereocenters. The van der Waals surface area contributed by atoms with Crippen LogP contribution in [0.1, 0.15) is 12.8 Å². The summed E-state index contributed by atoms with van der Waals surface area (Å²) >= 11 is 0. The Labute approximate surface area is 68.9 Å². The van der Waals surface area contributed by atoms with Gasteiger partial charge in [0.25, 0.3) is 0 Å². The van der Waals surface area contributed by atoms with E-state index in [1.165, 1.54) is 12.8 Å².